The molecule has 0 spiro atoms. The lowest BCUT2D eigenvalue weighted by molar-refractivity contribution is 0.159. The topological polar surface area (TPSA) is 15.3 Å². The maximum Gasteiger partial charge on any atom is 0.0132 e. The van der Waals surface area contributed by atoms with Crippen molar-refractivity contribution in [1.82, 2.24) is 10.2 Å². The molecule has 0 aliphatic carbocycles. The van der Waals surface area contributed by atoms with Gasteiger partial charge in [0.15, 0.2) is 0 Å². The lowest BCUT2D eigenvalue weighted by Crippen LogP contribution is -2.38. The second-order valence-corrected chi connectivity index (χ2v) is 4.23. The summed E-state index contributed by atoms with van der Waals surface area (Å²) in [6.07, 6.45) is 7.39. The molecule has 14 heavy (non-hydrogen) atoms. The molecule has 1 atom stereocenters. The maximum absolute atomic E-state index is 3.69. The Balaban J connectivity index is 2.01. The molecule has 0 radical (unpaired) electrons. The summed E-state index contributed by atoms with van der Waals surface area (Å²) in [5.74, 6) is 0. The zero-order valence-corrected chi connectivity index (χ0v) is 9.47. The average Bonchev–Trinajstić information content (AvgIpc) is 2.20. The zero-order chi connectivity index (χ0) is 10.2. The fraction of sp³-hybridized carbons (Fsp3) is 0.833. The smallest absolute Gasteiger partial charge is 0.0132 e. The molecule has 1 N–H and O–H groups in total. The summed E-state index contributed by atoms with van der Waals surface area (Å²) in [6.45, 7) is 10.7. The van der Waals surface area contributed by atoms with Crippen molar-refractivity contribution in [2.24, 2.45) is 0 Å². The van der Waals surface area contributed by atoms with Crippen molar-refractivity contribution in [1.29, 1.82) is 0 Å². The van der Waals surface area contributed by atoms with Crippen LogP contribution in [-0.2, 0) is 0 Å². The Morgan fingerprint density at radius 1 is 1.50 bits per heavy atom. The van der Waals surface area contributed by atoms with Gasteiger partial charge in [-0.15, -0.1) is 6.58 Å². The monoisotopic (exact) mass is 196 g/mol. The Hall–Kier alpha value is -0.340. The van der Waals surface area contributed by atoms with Crippen LogP contribution in [0.25, 0.3) is 0 Å². The van der Waals surface area contributed by atoms with Crippen molar-refractivity contribution in [2.75, 3.05) is 26.2 Å². The first-order valence-corrected chi connectivity index (χ1v) is 5.90. The quantitative estimate of drug-likeness (QED) is 0.516. The third-order valence-corrected chi connectivity index (χ3v) is 3.03. The Morgan fingerprint density at radius 2 is 2.36 bits per heavy atom. The zero-order valence-electron chi connectivity index (χ0n) is 9.47. The highest BCUT2D eigenvalue weighted by Gasteiger charge is 2.16. The van der Waals surface area contributed by atoms with Crippen molar-refractivity contribution in [3.63, 3.8) is 0 Å². The molecule has 82 valence electrons. The number of nitrogens with one attached hydrogen (secondary N) is 1. The minimum Gasteiger partial charge on any atom is -0.313 e. The molecule has 0 saturated carbocycles. The van der Waals surface area contributed by atoms with E-state index in [9.17, 15) is 0 Å². The molecule has 1 rings (SSSR count). The highest BCUT2D eigenvalue weighted by atomic mass is 15.2. The van der Waals surface area contributed by atoms with Crippen LogP contribution in [0.1, 0.15) is 32.6 Å². The summed E-state index contributed by atoms with van der Waals surface area (Å²) in [5.41, 5.74) is 0. The van der Waals surface area contributed by atoms with E-state index >= 15 is 0 Å². The molecule has 0 amide bonds. The van der Waals surface area contributed by atoms with E-state index in [0.717, 1.165) is 19.1 Å². The van der Waals surface area contributed by atoms with Gasteiger partial charge in [0, 0.05) is 12.6 Å². The number of piperidine rings is 1. The first-order chi connectivity index (χ1) is 6.84. The van der Waals surface area contributed by atoms with Crippen LogP contribution >= 0.6 is 0 Å². The third kappa shape index (κ3) is 4.25. The highest BCUT2D eigenvalue weighted by molar-refractivity contribution is 4.74. The second-order valence-electron chi connectivity index (χ2n) is 4.23. The normalized spacial score (nSPS) is 23.6. The largest absolute Gasteiger partial charge is 0.313 e. The van der Waals surface area contributed by atoms with Crippen LogP contribution in [0.5, 0.6) is 0 Å². The number of rotatable bonds is 6. The van der Waals surface area contributed by atoms with Crippen molar-refractivity contribution in [3.8, 4) is 0 Å². The van der Waals surface area contributed by atoms with Gasteiger partial charge in [-0.1, -0.05) is 12.5 Å². The summed E-state index contributed by atoms with van der Waals surface area (Å²) >= 11 is 0. The molecule has 0 bridgehead atoms. The van der Waals surface area contributed by atoms with Gasteiger partial charge in [0.2, 0.25) is 0 Å². The Morgan fingerprint density at radius 3 is 3.07 bits per heavy atom. The van der Waals surface area contributed by atoms with Crippen LogP contribution in [0.15, 0.2) is 12.7 Å². The minimum absolute atomic E-state index is 0.808. The van der Waals surface area contributed by atoms with Crippen molar-refractivity contribution in [2.45, 2.75) is 38.6 Å². The number of likely N-dealkylation sites (tertiary alicyclic amines) is 1. The maximum atomic E-state index is 3.69. The van der Waals surface area contributed by atoms with E-state index in [0.29, 0.717) is 0 Å². The van der Waals surface area contributed by atoms with Gasteiger partial charge in [-0.05, 0) is 45.8 Å². The van der Waals surface area contributed by atoms with E-state index in [1.165, 1.54) is 38.8 Å². The molecule has 1 heterocycles. The number of hydrogen-bond donors (Lipinski definition) is 1. The molecule has 1 aliphatic rings. The van der Waals surface area contributed by atoms with Gasteiger partial charge in [0.05, 0.1) is 0 Å². The SMILES string of the molecule is C=CCNCCCN1CCCCC1C. The molecular formula is C12H24N2. The molecular weight excluding hydrogens is 172 g/mol. The molecule has 0 aromatic rings. The van der Waals surface area contributed by atoms with Crippen LogP contribution < -0.4 is 5.32 Å². The fourth-order valence-corrected chi connectivity index (χ4v) is 2.10. The van der Waals surface area contributed by atoms with Gasteiger partial charge in [0.25, 0.3) is 0 Å². The summed E-state index contributed by atoms with van der Waals surface area (Å²) in [4.78, 5) is 2.62. The second kappa shape index (κ2) is 7.02. The summed E-state index contributed by atoms with van der Waals surface area (Å²) in [5, 5.41) is 3.34. The van der Waals surface area contributed by atoms with Gasteiger partial charge in [0.1, 0.15) is 0 Å². The van der Waals surface area contributed by atoms with E-state index in [2.05, 4.69) is 23.7 Å². The molecule has 1 unspecified atom stereocenters. The summed E-state index contributed by atoms with van der Waals surface area (Å²) in [6, 6.07) is 0.808. The van der Waals surface area contributed by atoms with Crippen LogP contribution in [0.2, 0.25) is 0 Å². The Bertz CT molecular complexity index is 156. The van der Waals surface area contributed by atoms with Crippen molar-refractivity contribution in [3.05, 3.63) is 12.7 Å². The van der Waals surface area contributed by atoms with E-state index in [1.54, 1.807) is 0 Å². The fourth-order valence-electron chi connectivity index (χ4n) is 2.10. The summed E-state index contributed by atoms with van der Waals surface area (Å²) in [7, 11) is 0. The molecule has 1 saturated heterocycles. The first-order valence-electron chi connectivity index (χ1n) is 5.90. The first kappa shape index (κ1) is 11.7. The molecule has 0 aromatic heterocycles. The number of hydrogen-bond acceptors (Lipinski definition) is 2. The third-order valence-electron chi connectivity index (χ3n) is 3.03. The van der Waals surface area contributed by atoms with E-state index < -0.39 is 0 Å². The molecule has 1 aliphatic heterocycles. The Labute approximate surface area is 88.4 Å². The molecule has 2 heteroatoms. The van der Waals surface area contributed by atoms with Gasteiger partial charge in [-0.2, -0.15) is 0 Å². The summed E-state index contributed by atoms with van der Waals surface area (Å²) < 4.78 is 0. The predicted molar refractivity (Wildman–Crippen MR) is 62.6 cm³/mol. The molecule has 0 aromatic carbocycles. The van der Waals surface area contributed by atoms with Gasteiger partial charge < -0.3 is 10.2 Å². The molecule has 1 fully saturated rings. The van der Waals surface area contributed by atoms with E-state index in [1.807, 2.05) is 6.08 Å². The van der Waals surface area contributed by atoms with Gasteiger partial charge >= 0.3 is 0 Å². The minimum atomic E-state index is 0.808. The highest BCUT2D eigenvalue weighted by Crippen LogP contribution is 2.15. The Kier molecular flexibility index (Phi) is 5.88. The van der Waals surface area contributed by atoms with E-state index in [-0.39, 0.29) is 0 Å². The van der Waals surface area contributed by atoms with Gasteiger partial charge in [-0.25, -0.2) is 0 Å². The van der Waals surface area contributed by atoms with Crippen LogP contribution in [0.3, 0.4) is 0 Å². The average molecular weight is 196 g/mol. The predicted octanol–water partition coefficient (Wildman–Crippen LogP) is 2.03. The van der Waals surface area contributed by atoms with Crippen LogP contribution in [0.4, 0.5) is 0 Å². The number of nitrogens with zero attached hydrogens (tertiary/aromatic N) is 1. The van der Waals surface area contributed by atoms with Crippen LogP contribution in [0, 0.1) is 0 Å². The lowest BCUT2D eigenvalue weighted by Gasteiger charge is -2.33. The van der Waals surface area contributed by atoms with Crippen molar-refractivity contribution < 1.29 is 0 Å². The van der Waals surface area contributed by atoms with E-state index in [4.69, 9.17) is 0 Å². The molecule has 2 nitrogen and oxygen atoms in total. The van der Waals surface area contributed by atoms with Crippen LogP contribution in [-0.4, -0.2) is 37.1 Å². The van der Waals surface area contributed by atoms with Gasteiger partial charge in [-0.3, -0.25) is 0 Å². The standard InChI is InChI=1S/C12H24N2/c1-3-8-13-9-6-11-14-10-5-4-7-12(14)2/h3,12-13H,1,4-11H2,2H3. The van der Waals surface area contributed by atoms with Crippen molar-refractivity contribution >= 4 is 0 Å². The lowest BCUT2D eigenvalue weighted by atomic mass is 10.0.